The molecule has 0 aromatic carbocycles. The molecular formula is C15H15F13O4. The summed E-state index contributed by atoms with van der Waals surface area (Å²) in [4.78, 5) is 12.0. The molecule has 17 heteroatoms. The van der Waals surface area contributed by atoms with Crippen LogP contribution >= 0.6 is 0 Å². The fourth-order valence-electron chi connectivity index (χ4n) is 2.76. The second kappa shape index (κ2) is 6.99. The van der Waals surface area contributed by atoms with Gasteiger partial charge in [0.25, 0.3) is 0 Å². The van der Waals surface area contributed by atoms with Gasteiger partial charge in [-0.25, -0.2) is 0 Å². The molecule has 0 aromatic rings. The Morgan fingerprint density at radius 1 is 0.875 bits per heavy atom. The Morgan fingerprint density at radius 3 is 1.56 bits per heavy atom. The minimum Gasteiger partial charge on any atom is -0.445 e. The van der Waals surface area contributed by atoms with Gasteiger partial charge < -0.3 is 14.6 Å². The summed E-state index contributed by atoms with van der Waals surface area (Å²) >= 11 is 0. The molecule has 1 saturated heterocycles. The first-order valence-corrected chi connectivity index (χ1v) is 8.26. The first-order valence-electron chi connectivity index (χ1n) is 8.26. The van der Waals surface area contributed by atoms with Gasteiger partial charge in [0.15, 0.2) is 5.41 Å². The van der Waals surface area contributed by atoms with E-state index in [9.17, 15) is 67.0 Å². The number of carbonyl (C=O) groups is 1. The Hall–Kier alpha value is -1.52. The quantitative estimate of drug-likeness (QED) is 0.426. The zero-order chi connectivity index (χ0) is 26.2. The lowest BCUT2D eigenvalue weighted by Crippen LogP contribution is -2.86. The predicted octanol–water partition coefficient (Wildman–Crippen LogP) is 5.14. The van der Waals surface area contributed by atoms with Crippen molar-refractivity contribution in [2.45, 2.75) is 81.5 Å². The molecule has 0 saturated carbocycles. The lowest BCUT2D eigenvalue weighted by Gasteiger charge is -2.58. The van der Waals surface area contributed by atoms with Crippen molar-refractivity contribution in [1.82, 2.24) is 0 Å². The maximum Gasteiger partial charge on any atom is 0.449 e. The first-order chi connectivity index (χ1) is 13.6. The molecule has 1 heterocycles. The Labute approximate surface area is 170 Å². The van der Waals surface area contributed by atoms with Crippen molar-refractivity contribution in [3.05, 3.63) is 0 Å². The zero-order valence-corrected chi connectivity index (χ0v) is 16.3. The molecule has 0 aliphatic carbocycles. The van der Waals surface area contributed by atoms with Crippen LogP contribution in [0, 0.1) is 5.41 Å². The summed E-state index contributed by atoms with van der Waals surface area (Å²) in [5.41, 5.74) is -15.1. The highest BCUT2D eigenvalue weighted by Gasteiger charge is 2.95. The molecule has 1 N–H and O–H groups in total. The summed E-state index contributed by atoms with van der Waals surface area (Å²) in [6.45, 7) is -1.20. The van der Waals surface area contributed by atoms with Gasteiger partial charge in [-0.1, -0.05) is 6.92 Å². The molecule has 1 fully saturated rings. The number of rotatable bonds is 3. The van der Waals surface area contributed by atoms with Crippen molar-refractivity contribution < 1.29 is 76.5 Å². The van der Waals surface area contributed by atoms with Crippen LogP contribution in [0.5, 0.6) is 0 Å². The van der Waals surface area contributed by atoms with Crippen molar-refractivity contribution >= 4 is 5.97 Å². The molecule has 1 rings (SSSR count). The summed E-state index contributed by atoms with van der Waals surface area (Å²) in [6.07, 6.45) is -20.7. The third-order valence-electron chi connectivity index (χ3n) is 5.58. The summed E-state index contributed by atoms with van der Waals surface area (Å²) in [7, 11) is 0. The van der Waals surface area contributed by atoms with Crippen LogP contribution in [0.25, 0.3) is 0 Å². The largest absolute Gasteiger partial charge is 0.449 e. The van der Waals surface area contributed by atoms with E-state index in [-0.39, 0.29) is 6.92 Å². The zero-order valence-electron chi connectivity index (χ0n) is 16.3. The maximum absolute atomic E-state index is 14.8. The van der Waals surface area contributed by atoms with Gasteiger partial charge >= 0.3 is 42.1 Å². The monoisotopic (exact) mass is 506 g/mol. The molecule has 4 nitrogen and oxygen atoms in total. The number of aliphatic hydroxyl groups is 1. The molecule has 4 unspecified atom stereocenters. The van der Waals surface area contributed by atoms with Gasteiger partial charge in [0.2, 0.25) is 11.2 Å². The summed E-state index contributed by atoms with van der Waals surface area (Å²) < 4.78 is 184. The molecule has 0 spiro atoms. The van der Waals surface area contributed by atoms with Crippen molar-refractivity contribution in [3.8, 4) is 0 Å². The minimum absolute atomic E-state index is 0.0623. The van der Waals surface area contributed by atoms with E-state index < -0.39 is 79.0 Å². The lowest BCUT2D eigenvalue weighted by molar-refractivity contribution is -0.553. The van der Waals surface area contributed by atoms with E-state index in [1.54, 1.807) is 0 Å². The van der Waals surface area contributed by atoms with E-state index in [0.29, 0.717) is 6.92 Å². The van der Waals surface area contributed by atoms with E-state index in [0.717, 1.165) is 0 Å². The molecule has 0 aromatic heterocycles. The van der Waals surface area contributed by atoms with E-state index in [2.05, 4.69) is 9.47 Å². The minimum atomic E-state index is -6.93. The molecule has 190 valence electrons. The first kappa shape index (κ1) is 28.5. The molecular weight excluding hydrogens is 491 g/mol. The van der Waals surface area contributed by atoms with E-state index >= 15 is 0 Å². The van der Waals surface area contributed by atoms with Crippen LogP contribution in [-0.2, 0) is 14.3 Å². The maximum atomic E-state index is 14.8. The van der Waals surface area contributed by atoms with Gasteiger partial charge in [-0.05, 0) is 27.2 Å². The SMILES string of the molecule is CCC(C)(C(=O)OC1(C)C(F)(F)C(C)(C(F)(F)F)OC(O)(C(F)(F)F)C1(F)F)C(F)(F)F. The standard InChI is InChI=1S/C15H15F13O4/c1-5-7(2,13(20,21)22)6(29)31-8(3)10(16,17)9(4,14(23,24)25)32-12(30,11(8,18)19)15(26,27)28/h30H,5H2,1-4H3. The number of hydrogen-bond donors (Lipinski definition) is 1. The molecule has 0 bridgehead atoms. The van der Waals surface area contributed by atoms with Crippen LogP contribution in [0.3, 0.4) is 0 Å². The topological polar surface area (TPSA) is 55.8 Å². The van der Waals surface area contributed by atoms with Crippen molar-refractivity contribution in [3.63, 3.8) is 0 Å². The van der Waals surface area contributed by atoms with Gasteiger partial charge in [-0.15, -0.1) is 0 Å². The van der Waals surface area contributed by atoms with Gasteiger partial charge in [0, 0.05) is 0 Å². The molecule has 4 atom stereocenters. The normalized spacial score (nSPS) is 35.2. The van der Waals surface area contributed by atoms with Crippen molar-refractivity contribution in [1.29, 1.82) is 0 Å². The molecule has 32 heavy (non-hydrogen) atoms. The number of carbonyl (C=O) groups excluding carboxylic acids is 1. The summed E-state index contributed by atoms with van der Waals surface area (Å²) in [5, 5.41) is 9.39. The van der Waals surface area contributed by atoms with Crippen LogP contribution < -0.4 is 0 Å². The van der Waals surface area contributed by atoms with Crippen LogP contribution in [0.15, 0.2) is 0 Å². The van der Waals surface area contributed by atoms with Crippen LogP contribution in [0.4, 0.5) is 57.1 Å². The fourth-order valence-corrected chi connectivity index (χ4v) is 2.76. The van der Waals surface area contributed by atoms with Crippen molar-refractivity contribution in [2.75, 3.05) is 0 Å². The number of ether oxygens (including phenoxy) is 2. The highest BCUT2D eigenvalue weighted by molar-refractivity contribution is 5.78. The number of halogens is 13. The van der Waals surface area contributed by atoms with Gasteiger partial charge in [0.05, 0.1) is 0 Å². The lowest BCUT2D eigenvalue weighted by atomic mass is 9.72. The van der Waals surface area contributed by atoms with Crippen LogP contribution in [-0.4, -0.2) is 58.4 Å². The Morgan fingerprint density at radius 2 is 1.28 bits per heavy atom. The number of esters is 1. The number of hydrogen-bond acceptors (Lipinski definition) is 4. The molecule has 1 aliphatic rings. The fraction of sp³-hybridized carbons (Fsp3) is 0.933. The average Bonchev–Trinajstić information content (AvgIpc) is 2.55. The predicted molar refractivity (Wildman–Crippen MR) is 75.4 cm³/mol. The summed E-state index contributed by atoms with van der Waals surface area (Å²) in [6, 6.07) is 0. The van der Waals surface area contributed by atoms with E-state index in [4.69, 9.17) is 0 Å². The highest BCUT2D eigenvalue weighted by atomic mass is 19.4. The summed E-state index contributed by atoms with van der Waals surface area (Å²) in [5.74, 6) is -22.4. The third-order valence-corrected chi connectivity index (χ3v) is 5.58. The van der Waals surface area contributed by atoms with Gasteiger partial charge in [-0.2, -0.15) is 57.1 Å². The molecule has 0 amide bonds. The van der Waals surface area contributed by atoms with E-state index in [1.807, 2.05) is 0 Å². The average molecular weight is 506 g/mol. The second-order valence-corrected chi connectivity index (χ2v) is 7.53. The third kappa shape index (κ3) is 3.24. The second-order valence-electron chi connectivity index (χ2n) is 7.53. The Balaban J connectivity index is 3.97. The van der Waals surface area contributed by atoms with Gasteiger partial charge in [-0.3, -0.25) is 4.79 Å². The van der Waals surface area contributed by atoms with E-state index in [1.165, 1.54) is 0 Å². The van der Waals surface area contributed by atoms with Crippen LogP contribution in [0.1, 0.15) is 34.1 Å². The van der Waals surface area contributed by atoms with Gasteiger partial charge in [0.1, 0.15) is 0 Å². The molecule has 1 aliphatic heterocycles. The number of alkyl halides is 13. The Bertz CT molecular complexity index is 718. The highest BCUT2D eigenvalue weighted by Crippen LogP contribution is 2.66. The molecule has 0 radical (unpaired) electrons. The van der Waals surface area contributed by atoms with Crippen LogP contribution in [0.2, 0.25) is 0 Å². The van der Waals surface area contributed by atoms with Crippen molar-refractivity contribution in [2.24, 2.45) is 5.41 Å². The Kier molecular flexibility index (Phi) is 6.23. The smallest absolute Gasteiger partial charge is 0.445 e.